The Bertz CT molecular complexity index is 902. The summed E-state index contributed by atoms with van der Waals surface area (Å²) in [6, 6.07) is 18.1. The van der Waals surface area contributed by atoms with Gasteiger partial charge < -0.3 is 10.2 Å². The van der Waals surface area contributed by atoms with Crippen LogP contribution in [0.25, 0.3) is 22.2 Å². The van der Waals surface area contributed by atoms with Crippen LogP contribution in [0.15, 0.2) is 54.6 Å². The van der Waals surface area contributed by atoms with Gasteiger partial charge in [0.25, 0.3) is 0 Å². The van der Waals surface area contributed by atoms with E-state index in [4.69, 9.17) is 4.98 Å². The zero-order chi connectivity index (χ0) is 18.0. The summed E-state index contributed by atoms with van der Waals surface area (Å²) < 4.78 is 0. The molecule has 0 atom stereocenters. The molecular formula is C21H23N3O. The number of amides is 1. The van der Waals surface area contributed by atoms with Crippen LogP contribution in [-0.4, -0.2) is 25.0 Å². The fraction of sp³-hybridized carbons (Fsp3) is 0.238. The lowest BCUT2D eigenvalue weighted by Crippen LogP contribution is -2.17. The number of hydrogen-bond donors (Lipinski definition) is 1. The fourth-order valence-corrected chi connectivity index (χ4v) is 2.70. The average Bonchev–Trinajstić information content (AvgIpc) is 2.61. The van der Waals surface area contributed by atoms with E-state index in [0.29, 0.717) is 0 Å². The largest absolute Gasteiger partial charge is 0.377 e. The van der Waals surface area contributed by atoms with Crippen LogP contribution in [-0.2, 0) is 4.79 Å². The summed E-state index contributed by atoms with van der Waals surface area (Å²) >= 11 is 0. The lowest BCUT2D eigenvalue weighted by molar-refractivity contribution is -0.118. The van der Waals surface area contributed by atoms with Gasteiger partial charge in [-0.2, -0.15) is 0 Å². The summed E-state index contributed by atoms with van der Waals surface area (Å²) in [5.74, 6) is -0.0396. The molecule has 128 valence electrons. The number of hydrogen-bond acceptors (Lipinski definition) is 3. The summed E-state index contributed by atoms with van der Waals surface area (Å²) in [6.45, 7) is 3.77. The SMILES string of the molecule is CC(C)C(=O)Nc1ccc2nc(-c3ccccc3)cc(N(C)C)c2c1. The molecular weight excluding hydrogens is 310 g/mol. The van der Waals surface area contributed by atoms with Crippen molar-refractivity contribution in [2.75, 3.05) is 24.3 Å². The van der Waals surface area contributed by atoms with Gasteiger partial charge in [0.15, 0.2) is 0 Å². The van der Waals surface area contributed by atoms with Gasteiger partial charge in [-0.25, -0.2) is 4.98 Å². The van der Waals surface area contributed by atoms with Crippen LogP contribution < -0.4 is 10.2 Å². The number of nitrogens with zero attached hydrogens (tertiary/aromatic N) is 2. The van der Waals surface area contributed by atoms with E-state index in [1.807, 2.05) is 64.3 Å². The Labute approximate surface area is 148 Å². The van der Waals surface area contributed by atoms with Crippen molar-refractivity contribution in [2.24, 2.45) is 5.92 Å². The zero-order valence-electron chi connectivity index (χ0n) is 15.1. The van der Waals surface area contributed by atoms with Crippen molar-refractivity contribution < 1.29 is 4.79 Å². The van der Waals surface area contributed by atoms with Gasteiger partial charge in [0.1, 0.15) is 0 Å². The van der Waals surface area contributed by atoms with Gasteiger partial charge in [-0.15, -0.1) is 0 Å². The number of fused-ring (bicyclic) bond motifs is 1. The number of carbonyl (C=O) groups is 1. The van der Waals surface area contributed by atoms with E-state index in [1.165, 1.54) is 0 Å². The van der Waals surface area contributed by atoms with Crippen molar-refractivity contribution in [3.63, 3.8) is 0 Å². The Kier molecular flexibility index (Phi) is 4.70. The lowest BCUT2D eigenvalue weighted by atomic mass is 10.1. The van der Waals surface area contributed by atoms with Crippen LogP contribution in [0.5, 0.6) is 0 Å². The van der Waals surface area contributed by atoms with Gasteiger partial charge in [-0.1, -0.05) is 44.2 Å². The lowest BCUT2D eigenvalue weighted by Gasteiger charge is -2.18. The predicted octanol–water partition coefficient (Wildman–Crippen LogP) is 4.56. The first-order valence-corrected chi connectivity index (χ1v) is 8.44. The Morgan fingerprint density at radius 1 is 1.04 bits per heavy atom. The predicted molar refractivity (Wildman–Crippen MR) is 105 cm³/mol. The highest BCUT2D eigenvalue weighted by Gasteiger charge is 2.12. The highest BCUT2D eigenvalue weighted by Crippen LogP contribution is 2.31. The van der Waals surface area contributed by atoms with Gasteiger partial charge in [0.05, 0.1) is 11.2 Å². The van der Waals surface area contributed by atoms with Crippen molar-refractivity contribution in [3.05, 3.63) is 54.6 Å². The fourth-order valence-electron chi connectivity index (χ4n) is 2.70. The highest BCUT2D eigenvalue weighted by atomic mass is 16.1. The minimum atomic E-state index is -0.0532. The zero-order valence-corrected chi connectivity index (χ0v) is 15.1. The molecule has 4 nitrogen and oxygen atoms in total. The molecule has 1 N–H and O–H groups in total. The summed E-state index contributed by atoms with van der Waals surface area (Å²) in [5, 5.41) is 3.98. The first kappa shape index (κ1) is 17.0. The van der Waals surface area contributed by atoms with Crippen molar-refractivity contribution in [2.45, 2.75) is 13.8 Å². The number of aromatic nitrogens is 1. The number of nitrogens with one attached hydrogen (secondary N) is 1. The van der Waals surface area contributed by atoms with Crippen LogP contribution in [0.2, 0.25) is 0 Å². The molecule has 0 aliphatic rings. The molecule has 3 rings (SSSR count). The quantitative estimate of drug-likeness (QED) is 0.761. The molecule has 0 bridgehead atoms. The second-order valence-corrected chi connectivity index (χ2v) is 6.66. The van der Waals surface area contributed by atoms with E-state index in [0.717, 1.165) is 33.5 Å². The maximum absolute atomic E-state index is 12.0. The molecule has 3 aromatic rings. The minimum absolute atomic E-state index is 0.0135. The summed E-state index contributed by atoms with van der Waals surface area (Å²) in [4.78, 5) is 18.8. The molecule has 0 radical (unpaired) electrons. The summed E-state index contributed by atoms with van der Waals surface area (Å²) in [6.07, 6.45) is 0. The minimum Gasteiger partial charge on any atom is -0.377 e. The van der Waals surface area contributed by atoms with Crippen molar-refractivity contribution in [3.8, 4) is 11.3 Å². The van der Waals surface area contributed by atoms with Crippen molar-refractivity contribution in [1.82, 2.24) is 4.98 Å². The average molecular weight is 333 g/mol. The first-order chi connectivity index (χ1) is 12.0. The second-order valence-electron chi connectivity index (χ2n) is 6.66. The Hall–Kier alpha value is -2.88. The molecule has 0 fully saturated rings. The maximum atomic E-state index is 12.0. The van der Waals surface area contributed by atoms with Gasteiger partial charge in [0.2, 0.25) is 5.91 Å². The van der Waals surface area contributed by atoms with Crippen LogP contribution >= 0.6 is 0 Å². The van der Waals surface area contributed by atoms with E-state index >= 15 is 0 Å². The first-order valence-electron chi connectivity index (χ1n) is 8.44. The van der Waals surface area contributed by atoms with Gasteiger partial charge in [0, 0.05) is 42.3 Å². The molecule has 2 aromatic carbocycles. The van der Waals surface area contributed by atoms with Crippen LogP contribution in [0.4, 0.5) is 11.4 Å². The molecule has 1 amide bonds. The normalized spacial score (nSPS) is 10.9. The smallest absolute Gasteiger partial charge is 0.226 e. The number of pyridine rings is 1. The number of carbonyl (C=O) groups excluding carboxylic acids is 1. The van der Waals surface area contributed by atoms with Crippen molar-refractivity contribution >= 4 is 28.2 Å². The summed E-state index contributed by atoms with van der Waals surface area (Å²) in [5.41, 5.74) is 4.81. The van der Waals surface area contributed by atoms with Gasteiger partial charge in [-0.05, 0) is 24.3 Å². The number of rotatable bonds is 4. The molecule has 25 heavy (non-hydrogen) atoms. The van der Waals surface area contributed by atoms with Crippen LogP contribution in [0, 0.1) is 5.92 Å². The third kappa shape index (κ3) is 3.63. The monoisotopic (exact) mass is 333 g/mol. The standard InChI is InChI=1S/C21H23N3O/c1-14(2)21(25)22-16-10-11-18-17(12-16)20(24(3)4)13-19(23-18)15-8-6-5-7-9-15/h5-14H,1-4H3,(H,22,25). The summed E-state index contributed by atoms with van der Waals surface area (Å²) in [7, 11) is 4.03. The molecule has 4 heteroatoms. The molecule has 0 aliphatic carbocycles. The van der Waals surface area contributed by atoms with E-state index < -0.39 is 0 Å². The third-order valence-corrected chi connectivity index (χ3v) is 4.13. The Morgan fingerprint density at radius 2 is 1.76 bits per heavy atom. The molecule has 0 saturated heterocycles. The van der Waals surface area contributed by atoms with Crippen molar-refractivity contribution in [1.29, 1.82) is 0 Å². The highest BCUT2D eigenvalue weighted by molar-refractivity contribution is 5.99. The topological polar surface area (TPSA) is 45.2 Å². The van der Waals surface area contributed by atoms with Crippen LogP contribution in [0.3, 0.4) is 0 Å². The second kappa shape index (κ2) is 6.93. The van der Waals surface area contributed by atoms with Gasteiger partial charge in [-0.3, -0.25) is 4.79 Å². The van der Waals surface area contributed by atoms with E-state index in [9.17, 15) is 4.79 Å². The molecule has 1 aromatic heterocycles. The molecule has 0 unspecified atom stereocenters. The Morgan fingerprint density at radius 3 is 2.40 bits per heavy atom. The molecule has 0 saturated carbocycles. The number of benzene rings is 2. The number of anilines is 2. The Balaban J connectivity index is 2.11. The van der Waals surface area contributed by atoms with E-state index in [1.54, 1.807) is 0 Å². The molecule has 1 heterocycles. The van der Waals surface area contributed by atoms with Crippen LogP contribution in [0.1, 0.15) is 13.8 Å². The van der Waals surface area contributed by atoms with Gasteiger partial charge >= 0.3 is 0 Å². The maximum Gasteiger partial charge on any atom is 0.226 e. The van der Waals surface area contributed by atoms with E-state index in [2.05, 4.69) is 28.4 Å². The third-order valence-electron chi connectivity index (χ3n) is 4.13. The molecule has 0 spiro atoms. The van der Waals surface area contributed by atoms with E-state index in [-0.39, 0.29) is 11.8 Å². The molecule has 0 aliphatic heterocycles.